The van der Waals surface area contributed by atoms with Crippen LogP contribution in [0.1, 0.15) is 44.4 Å². The molecule has 0 unspecified atom stereocenters. The second kappa shape index (κ2) is 5.69. The molecule has 1 aromatic carbocycles. The molecule has 0 aliphatic carbocycles. The maximum Gasteiger partial charge on any atom is 0.416 e. The zero-order valence-electron chi connectivity index (χ0n) is 11.6. The highest BCUT2D eigenvalue weighted by Crippen LogP contribution is 2.33. The molecule has 0 fully saturated rings. The van der Waals surface area contributed by atoms with Crippen molar-refractivity contribution in [3.8, 4) is 0 Å². The molecular weight excluding hydrogens is 274 g/mol. The number of hydrogen-bond acceptors (Lipinski definition) is 2. The van der Waals surface area contributed by atoms with Gasteiger partial charge in [0.15, 0.2) is 0 Å². The van der Waals surface area contributed by atoms with Gasteiger partial charge in [-0.2, -0.15) is 13.2 Å². The molecule has 0 bridgehead atoms. The minimum atomic E-state index is -4.58. The first-order chi connectivity index (χ1) is 8.93. The van der Waals surface area contributed by atoms with Gasteiger partial charge in [0.25, 0.3) is 0 Å². The highest BCUT2D eigenvalue weighted by atomic mass is 19.4. The third-order valence-corrected chi connectivity index (χ3v) is 3.27. The van der Waals surface area contributed by atoms with Gasteiger partial charge < -0.3 is 10.8 Å². The van der Waals surface area contributed by atoms with Crippen LogP contribution < -0.4 is 5.73 Å². The molecule has 0 aromatic heterocycles. The number of nitrogens with two attached hydrogens (primary N) is 1. The zero-order valence-corrected chi connectivity index (χ0v) is 11.6. The summed E-state index contributed by atoms with van der Waals surface area (Å²) in [4.78, 5) is 0. The number of aliphatic hydroxyl groups is 1. The van der Waals surface area contributed by atoms with Gasteiger partial charge in [-0.1, -0.05) is 20.8 Å². The third kappa shape index (κ3) is 4.18. The molecular formula is C14H19F4NO. The molecule has 6 heteroatoms. The fourth-order valence-corrected chi connectivity index (χ4v) is 1.70. The first-order valence-electron chi connectivity index (χ1n) is 6.23. The van der Waals surface area contributed by atoms with Crippen molar-refractivity contribution in [2.45, 2.75) is 45.5 Å². The summed E-state index contributed by atoms with van der Waals surface area (Å²) in [7, 11) is 0. The molecule has 2 nitrogen and oxygen atoms in total. The van der Waals surface area contributed by atoms with Crippen molar-refractivity contribution in [2.24, 2.45) is 11.1 Å². The van der Waals surface area contributed by atoms with Crippen molar-refractivity contribution in [1.29, 1.82) is 0 Å². The molecule has 0 spiro atoms. The van der Waals surface area contributed by atoms with E-state index in [1.807, 2.05) is 20.8 Å². The summed E-state index contributed by atoms with van der Waals surface area (Å²) in [6.07, 6.45) is -5.96. The Labute approximate surface area is 115 Å². The van der Waals surface area contributed by atoms with Gasteiger partial charge in [0.2, 0.25) is 0 Å². The van der Waals surface area contributed by atoms with Crippen LogP contribution in [0.15, 0.2) is 18.2 Å². The number of aliphatic hydroxyl groups excluding tert-OH is 1. The summed E-state index contributed by atoms with van der Waals surface area (Å²) in [6, 6.07) is 1.53. The molecule has 1 aromatic rings. The average molecular weight is 293 g/mol. The zero-order chi connectivity index (χ0) is 15.7. The minimum absolute atomic E-state index is 0.0122. The lowest BCUT2D eigenvalue weighted by Crippen LogP contribution is -2.36. The van der Waals surface area contributed by atoms with E-state index in [4.69, 9.17) is 5.73 Å². The molecule has 114 valence electrons. The Balaban J connectivity index is 3.01. The Morgan fingerprint density at radius 3 is 2.20 bits per heavy atom. The van der Waals surface area contributed by atoms with Gasteiger partial charge in [-0.05, 0) is 30.0 Å². The molecule has 0 aliphatic heterocycles. The van der Waals surface area contributed by atoms with Crippen LogP contribution in [-0.4, -0.2) is 11.1 Å². The van der Waals surface area contributed by atoms with E-state index in [0.717, 1.165) is 0 Å². The van der Waals surface area contributed by atoms with Crippen LogP contribution >= 0.6 is 0 Å². The number of halogens is 4. The summed E-state index contributed by atoms with van der Waals surface area (Å²) < 4.78 is 51.3. The summed E-state index contributed by atoms with van der Waals surface area (Å²) >= 11 is 0. The van der Waals surface area contributed by atoms with Crippen molar-refractivity contribution < 1.29 is 22.7 Å². The average Bonchev–Trinajstić information content (AvgIpc) is 2.26. The van der Waals surface area contributed by atoms with Crippen LogP contribution in [0.2, 0.25) is 0 Å². The highest BCUT2D eigenvalue weighted by Gasteiger charge is 2.32. The number of rotatable bonds is 3. The van der Waals surface area contributed by atoms with E-state index < -0.39 is 29.7 Å². The molecule has 2 atom stereocenters. The van der Waals surface area contributed by atoms with Gasteiger partial charge in [0.05, 0.1) is 11.7 Å². The predicted octanol–water partition coefficient (Wildman–Crippen LogP) is 3.64. The lowest BCUT2D eigenvalue weighted by Gasteiger charge is -2.29. The van der Waals surface area contributed by atoms with Gasteiger partial charge in [-0.3, -0.25) is 0 Å². The largest absolute Gasteiger partial charge is 0.416 e. The molecule has 1 rings (SSSR count). The highest BCUT2D eigenvalue weighted by molar-refractivity contribution is 5.28. The van der Waals surface area contributed by atoms with Crippen molar-refractivity contribution in [2.75, 3.05) is 0 Å². The Bertz CT molecular complexity index is 465. The molecule has 0 saturated carbocycles. The fourth-order valence-electron chi connectivity index (χ4n) is 1.70. The van der Waals surface area contributed by atoms with Crippen LogP contribution in [0.5, 0.6) is 0 Å². The topological polar surface area (TPSA) is 46.2 Å². The molecule has 0 aliphatic rings. The van der Waals surface area contributed by atoms with Crippen molar-refractivity contribution in [3.63, 3.8) is 0 Å². The van der Waals surface area contributed by atoms with Crippen molar-refractivity contribution >= 4 is 0 Å². The quantitative estimate of drug-likeness (QED) is 0.836. The number of hydrogen-bond donors (Lipinski definition) is 2. The monoisotopic (exact) mass is 293 g/mol. The lowest BCUT2D eigenvalue weighted by atomic mass is 9.83. The molecule has 0 saturated heterocycles. The van der Waals surface area contributed by atoms with Crippen molar-refractivity contribution in [3.05, 3.63) is 35.1 Å². The summed E-state index contributed by atoms with van der Waals surface area (Å²) in [5.74, 6) is -0.869. The second-order valence-corrected chi connectivity index (χ2v) is 5.96. The molecule has 0 heterocycles. The van der Waals surface area contributed by atoms with E-state index in [0.29, 0.717) is 18.2 Å². The first-order valence-corrected chi connectivity index (χ1v) is 6.23. The maximum atomic E-state index is 13.6. The number of alkyl halides is 3. The summed E-state index contributed by atoms with van der Waals surface area (Å²) in [6.45, 7) is 5.52. The molecule has 0 amide bonds. The van der Waals surface area contributed by atoms with Gasteiger partial charge in [-0.25, -0.2) is 4.39 Å². The van der Waals surface area contributed by atoms with E-state index in [-0.39, 0.29) is 17.4 Å². The Morgan fingerprint density at radius 2 is 1.75 bits per heavy atom. The van der Waals surface area contributed by atoms with Crippen LogP contribution in [0.3, 0.4) is 0 Å². The van der Waals surface area contributed by atoms with Gasteiger partial charge in [-0.15, -0.1) is 0 Å². The first kappa shape index (κ1) is 16.9. The Kier molecular flexibility index (Phi) is 4.82. The molecule has 3 N–H and O–H groups in total. The van der Waals surface area contributed by atoms with E-state index in [9.17, 15) is 22.7 Å². The van der Waals surface area contributed by atoms with Gasteiger partial charge in [0.1, 0.15) is 5.82 Å². The third-order valence-electron chi connectivity index (χ3n) is 3.27. The second-order valence-electron chi connectivity index (χ2n) is 5.96. The van der Waals surface area contributed by atoms with Crippen LogP contribution in [0.4, 0.5) is 17.6 Å². The van der Waals surface area contributed by atoms with Gasteiger partial charge in [0, 0.05) is 11.6 Å². The van der Waals surface area contributed by atoms with E-state index in [1.54, 1.807) is 0 Å². The lowest BCUT2D eigenvalue weighted by molar-refractivity contribution is -0.137. The van der Waals surface area contributed by atoms with Crippen LogP contribution in [-0.2, 0) is 6.18 Å². The maximum absolute atomic E-state index is 13.6. The van der Waals surface area contributed by atoms with Crippen LogP contribution in [0.25, 0.3) is 0 Å². The summed E-state index contributed by atoms with van der Waals surface area (Å²) in [5.41, 5.74) is 4.16. The molecule has 20 heavy (non-hydrogen) atoms. The normalized spacial score (nSPS) is 16.1. The van der Waals surface area contributed by atoms with E-state index >= 15 is 0 Å². The minimum Gasteiger partial charge on any atom is -0.388 e. The Morgan fingerprint density at radius 1 is 1.20 bits per heavy atom. The SMILES string of the molecule is CC(C)(C)[C@H](N)C[C@H](O)c1cc(C(F)(F)F)ccc1F. The fraction of sp³-hybridized carbons (Fsp3) is 0.571. The van der Waals surface area contributed by atoms with Crippen molar-refractivity contribution in [1.82, 2.24) is 0 Å². The smallest absolute Gasteiger partial charge is 0.388 e. The van der Waals surface area contributed by atoms with E-state index in [2.05, 4.69) is 0 Å². The van der Waals surface area contributed by atoms with Crippen LogP contribution in [0, 0.1) is 11.2 Å². The predicted molar refractivity (Wildman–Crippen MR) is 68.4 cm³/mol. The van der Waals surface area contributed by atoms with Gasteiger partial charge >= 0.3 is 6.18 Å². The molecule has 0 radical (unpaired) electrons. The number of benzene rings is 1. The Hall–Kier alpha value is -1.14. The standard InChI is InChI=1S/C14H19F4NO/c1-13(2,3)12(19)7-11(20)9-6-8(14(16,17)18)4-5-10(9)15/h4-6,11-12,20H,7,19H2,1-3H3/t11-,12+/m0/s1. The van der Waals surface area contributed by atoms with E-state index in [1.165, 1.54) is 0 Å². The summed E-state index contributed by atoms with van der Waals surface area (Å²) in [5, 5.41) is 9.94.